The maximum absolute atomic E-state index is 4.20. The molecule has 0 atom stereocenters. The fourth-order valence-corrected chi connectivity index (χ4v) is 1.08. The zero-order valence-corrected chi connectivity index (χ0v) is 8.04. The van der Waals surface area contributed by atoms with Crippen LogP contribution in [0, 0.1) is 12.8 Å². The van der Waals surface area contributed by atoms with Gasteiger partial charge in [0.1, 0.15) is 6.33 Å². The summed E-state index contributed by atoms with van der Waals surface area (Å²) in [6, 6.07) is 2.06. The third-order valence-electron chi connectivity index (χ3n) is 1.84. The Morgan fingerprint density at radius 2 is 2.08 bits per heavy atom. The van der Waals surface area contributed by atoms with Crippen molar-refractivity contribution in [3.05, 3.63) is 23.8 Å². The second-order valence-corrected chi connectivity index (χ2v) is 3.58. The van der Waals surface area contributed by atoms with E-state index in [4.69, 9.17) is 0 Å². The van der Waals surface area contributed by atoms with E-state index in [0.29, 0.717) is 0 Å². The van der Waals surface area contributed by atoms with Gasteiger partial charge in [0.05, 0.1) is 0 Å². The molecule has 0 amide bonds. The largest absolute Gasteiger partial charge is 0.242 e. The van der Waals surface area contributed by atoms with Gasteiger partial charge < -0.3 is 0 Å². The molecule has 1 aromatic heterocycles. The van der Waals surface area contributed by atoms with E-state index in [1.807, 2.05) is 6.92 Å². The molecular weight excluding hydrogens is 148 g/mol. The summed E-state index contributed by atoms with van der Waals surface area (Å²) in [6.45, 7) is 6.46. The molecule has 0 bridgehead atoms. The minimum absolute atomic E-state index is 0.750. The molecule has 0 aliphatic carbocycles. The first-order chi connectivity index (χ1) is 5.68. The molecule has 0 saturated carbocycles. The number of hydrogen-bond acceptors (Lipinski definition) is 2. The second kappa shape index (κ2) is 4.19. The highest BCUT2D eigenvalue weighted by atomic mass is 14.8. The van der Waals surface area contributed by atoms with Crippen molar-refractivity contribution in [2.24, 2.45) is 5.92 Å². The fourth-order valence-electron chi connectivity index (χ4n) is 1.08. The fraction of sp³-hybridized carbons (Fsp3) is 0.600. The number of rotatable bonds is 3. The number of aromatic nitrogens is 2. The van der Waals surface area contributed by atoms with Crippen LogP contribution in [-0.4, -0.2) is 9.97 Å². The molecule has 0 spiro atoms. The van der Waals surface area contributed by atoms with Gasteiger partial charge in [-0.05, 0) is 31.7 Å². The molecule has 2 nitrogen and oxygen atoms in total. The highest BCUT2D eigenvalue weighted by Crippen LogP contribution is 2.06. The van der Waals surface area contributed by atoms with Crippen molar-refractivity contribution < 1.29 is 0 Å². The lowest BCUT2D eigenvalue weighted by Crippen LogP contribution is -1.96. The van der Waals surface area contributed by atoms with Gasteiger partial charge in [0.2, 0.25) is 0 Å². The molecular formula is C10H16N2. The molecule has 2 heteroatoms. The maximum atomic E-state index is 4.20. The van der Waals surface area contributed by atoms with Crippen LogP contribution in [0.15, 0.2) is 12.4 Å². The summed E-state index contributed by atoms with van der Waals surface area (Å²) in [6.07, 6.45) is 3.92. The summed E-state index contributed by atoms with van der Waals surface area (Å²) >= 11 is 0. The SMILES string of the molecule is Cc1cc(CCC(C)C)ncn1. The van der Waals surface area contributed by atoms with Crippen LogP contribution in [0.1, 0.15) is 31.7 Å². The summed E-state index contributed by atoms with van der Waals surface area (Å²) < 4.78 is 0. The van der Waals surface area contributed by atoms with Gasteiger partial charge >= 0.3 is 0 Å². The summed E-state index contributed by atoms with van der Waals surface area (Å²) in [5, 5.41) is 0. The highest BCUT2D eigenvalue weighted by molar-refractivity contribution is 5.06. The monoisotopic (exact) mass is 164 g/mol. The number of aryl methyl sites for hydroxylation is 2. The third kappa shape index (κ3) is 2.99. The smallest absolute Gasteiger partial charge is 0.115 e. The van der Waals surface area contributed by atoms with Crippen molar-refractivity contribution in [2.45, 2.75) is 33.6 Å². The van der Waals surface area contributed by atoms with Crippen LogP contribution in [0.4, 0.5) is 0 Å². The van der Waals surface area contributed by atoms with E-state index in [0.717, 1.165) is 23.7 Å². The molecule has 1 rings (SSSR count). The number of nitrogens with zero attached hydrogens (tertiary/aromatic N) is 2. The Kier molecular flexibility index (Phi) is 3.20. The maximum Gasteiger partial charge on any atom is 0.115 e. The van der Waals surface area contributed by atoms with Gasteiger partial charge in [0, 0.05) is 11.4 Å². The first kappa shape index (κ1) is 9.17. The molecule has 0 aliphatic rings. The summed E-state index contributed by atoms with van der Waals surface area (Å²) in [5.41, 5.74) is 2.22. The van der Waals surface area contributed by atoms with Crippen molar-refractivity contribution in [1.82, 2.24) is 9.97 Å². The third-order valence-corrected chi connectivity index (χ3v) is 1.84. The summed E-state index contributed by atoms with van der Waals surface area (Å²) in [7, 11) is 0. The van der Waals surface area contributed by atoms with Gasteiger partial charge in [-0.3, -0.25) is 0 Å². The molecule has 0 fully saturated rings. The minimum Gasteiger partial charge on any atom is -0.242 e. The zero-order chi connectivity index (χ0) is 8.97. The molecule has 1 heterocycles. The Hall–Kier alpha value is -0.920. The van der Waals surface area contributed by atoms with Gasteiger partial charge in [-0.2, -0.15) is 0 Å². The molecule has 0 unspecified atom stereocenters. The average Bonchev–Trinajstić information content (AvgIpc) is 2.01. The zero-order valence-electron chi connectivity index (χ0n) is 8.04. The molecule has 0 radical (unpaired) electrons. The average molecular weight is 164 g/mol. The molecule has 0 aliphatic heterocycles. The topological polar surface area (TPSA) is 25.8 Å². The molecule has 0 N–H and O–H groups in total. The van der Waals surface area contributed by atoms with Crippen LogP contribution < -0.4 is 0 Å². The van der Waals surface area contributed by atoms with Crippen LogP contribution in [-0.2, 0) is 6.42 Å². The minimum atomic E-state index is 0.750. The van der Waals surface area contributed by atoms with Crippen LogP contribution >= 0.6 is 0 Å². The normalized spacial score (nSPS) is 10.7. The first-order valence-corrected chi connectivity index (χ1v) is 4.46. The lowest BCUT2D eigenvalue weighted by molar-refractivity contribution is 0.580. The number of hydrogen-bond donors (Lipinski definition) is 0. The van der Waals surface area contributed by atoms with E-state index in [2.05, 4.69) is 29.9 Å². The molecule has 66 valence electrons. The van der Waals surface area contributed by atoms with E-state index in [9.17, 15) is 0 Å². The van der Waals surface area contributed by atoms with E-state index >= 15 is 0 Å². The van der Waals surface area contributed by atoms with Gasteiger partial charge in [-0.25, -0.2) is 9.97 Å². The standard InChI is InChI=1S/C10H16N2/c1-8(2)4-5-10-6-9(3)11-7-12-10/h6-8H,4-5H2,1-3H3. The van der Waals surface area contributed by atoms with Crippen LogP contribution in [0.3, 0.4) is 0 Å². The Balaban J connectivity index is 2.52. The van der Waals surface area contributed by atoms with Gasteiger partial charge in [0.15, 0.2) is 0 Å². The predicted molar refractivity (Wildman–Crippen MR) is 49.9 cm³/mol. The van der Waals surface area contributed by atoms with E-state index in [1.54, 1.807) is 6.33 Å². The van der Waals surface area contributed by atoms with Crippen molar-refractivity contribution >= 4 is 0 Å². The molecule has 12 heavy (non-hydrogen) atoms. The predicted octanol–water partition coefficient (Wildman–Crippen LogP) is 2.37. The van der Waals surface area contributed by atoms with E-state index < -0.39 is 0 Å². The highest BCUT2D eigenvalue weighted by Gasteiger charge is 1.98. The van der Waals surface area contributed by atoms with Crippen LogP contribution in [0.2, 0.25) is 0 Å². The summed E-state index contributed by atoms with van der Waals surface area (Å²) in [5.74, 6) is 0.750. The quantitative estimate of drug-likeness (QED) is 0.685. The van der Waals surface area contributed by atoms with Crippen molar-refractivity contribution in [1.29, 1.82) is 0 Å². The Bertz CT molecular complexity index is 243. The first-order valence-electron chi connectivity index (χ1n) is 4.46. The van der Waals surface area contributed by atoms with Crippen molar-refractivity contribution in [3.8, 4) is 0 Å². The molecule has 1 aromatic rings. The van der Waals surface area contributed by atoms with Gasteiger partial charge in [0.25, 0.3) is 0 Å². The Morgan fingerprint density at radius 3 is 2.67 bits per heavy atom. The lowest BCUT2D eigenvalue weighted by atomic mass is 10.1. The van der Waals surface area contributed by atoms with E-state index in [-0.39, 0.29) is 0 Å². The van der Waals surface area contributed by atoms with Crippen molar-refractivity contribution in [3.63, 3.8) is 0 Å². The Morgan fingerprint density at radius 1 is 1.33 bits per heavy atom. The summed E-state index contributed by atoms with van der Waals surface area (Å²) in [4.78, 5) is 8.26. The Labute approximate surface area is 74.1 Å². The van der Waals surface area contributed by atoms with E-state index in [1.165, 1.54) is 6.42 Å². The van der Waals surface area contributed by atoms with Crippen molar-refractivity contribution in [2.75, 3.05) is 0 Å². The van der Waals surface area contributed by atoms with Gasteiger partial charge in [-0.1, -0.05) is 13.8 Å². The molecule has 0 aromatic carbocycles. The second-order valence-electron chi connectivity index (χ2n) is 3.58. The lowest BCUT2D eigenvalue weighted by Gasteiger charge is -2.03. The van der Waals surface area contributed by atoms with Crippen LogP contribution in [0.25, 0.3) is 0 Å². The van der Waals surface area contributed by atoms with Crippen LogP contribution in [0.5, 0.6) is 0 Å². The van der Waals surface area contributed by atoms with Gasteiger partial charge in [-0.15, -0.1) is 0 Å². The molecule has 0 saturated heterocycles.